The van der Waals surface area contributed by atoms with Crippen molar-refractivity contribution < 1.29 is 14.3 Å². The Morgan fingerprint density at radius 2 is 1.90 bits per heavy atom. The van der Waals surface area contributed by atoms with Gasteiger partial charge in [0, 0.05) is 41.5 Å². The lowest BCUT2D eigenvalue weighted by atomic mass is 9.86. The van der Waals surface area contributed by atoms with Crippen LogP contribution < -0.4 is 16.0 Å². The van der Waals surface area contributed by atoms with Gasteiger partial charge in [-0.1, -0.05) is 6.07 Å². The third kappa shape index (κ3) is 4.45. The first-order chi connectivity index (χ1) is 14.9. The molecule has 162 valence electrons. The Kier molecular flexibility index (Phi) is 5.75. The highest BCUT2D eigenvalue weighted by Gasteiger charge is 2.32. The second kappa shape index (κ2) is 8.63. The quantitative estimate of drug-likeness (QED) is 0.484. The average molecular weight is 422 g/mol. The minimum Gasteiger partial charge on any atom is -0.453 e. The number of nitrogens with zero attached hydrogens (tertiary/aromatic N) is 2. The monoisotopic (exact) mass is 422 g/mol. The summed E-state index contributed by atoms with van der Waals surface area (Å²) in [6.45, 7) is 4.06. The molecule has 0 atom stereocenters. The SMILES string of the molecule is COC(=O)N[C@H]1C[C@H](NC(=O)c2cnc3ccc(-c4cn[nH]c4)cc3c2NC(C)C)C1. The first-order valence-electron chi connectivity index (χ1n) is 10.3. The summed E-state index contributed by atoms with van der Waals surface area (Å²) in [4.78, 5) is 28.9. The van der Waals surface area contributed by atoms with Crippen LogP contribution in [0.2, 0.25) is 0 Å². The zero-order valence-electron chi connectivity index (χ0n) is 17.7. The Morgan fingerprint density at radius 1 is 1.13 bits per heavy atom. The van der Waals surface area contributed by atoms with Crippen LogP contribution in [0.3, 0.4) is 0 Å². The summed E-state index contributed by atoms with van der Waals surface area (Å²) in [5.74, 6) is -0.187. The molecule has 9 nitrogen and oxygen atoms in total. The molecule has 1 aromatic carbocycles. The number of aromatic nitrogens is 3. The average Bonchev–Trinajstić information content (AvgIpc) is 3.26. The van der Waals surface area contributed by atoms with Crippen molar-refractivity contribution in [3.63, 3.8) is 0 Å². The fraction of sp³-hybridized carbons (Fsp3) is 0.364. The smallest absolute Gasteiger partial charge is 0.407 e. The number of carbonyl (C=O) groups excluding carboxylic acids is 2. The number of carbonyl (C=O) groups is 2. The number of aromatic amines is 1. The van der Waals surface area contributed by atoms with Gasteiger partial charge in [0.25, 0.3) is 5.91 Å². The number of benzene rings is 1. The highest BCUT2D eigenvalue weighted by molar-refractivity contribution is 6.08. The maximum Gasteiger partial charge on any atom is 0.407 e. The molecule has 0 aliphatic heterocycles. The lowest BCUT2D eigenvalue weighted by Crippen LogP contribution is -2.53. The molecule has 4 N–H and O–H groups in total. The molecular formula is C22H26N6O3. The molecule has 9 heteroatoms. The molecule has 2 heterocycles. The van der Waals surface area contributed by atoms with Crippen LogP contribution in [0.1, 0.15) is 37.0 Å². The third-order valence-corrected chi connectivity index (χ3v) is 5.36. The second-order valence-electron chi connectivity index (χ2n) is 8.04. The van der Waals surface area contributed by atoms with Gasteiger partial charge in [0.1, 0.15) is 0 Å². The Hall–Kier alpha value is -3.62. The van der Waals surface area contributed by atoms with Crippen LogP contribution in [0.15, 0.2) is 36.8 Å². The van der Waals surface area contributed by atoms with Gasteiger partial charge >= 0.3 is 6.09 Å². The number of hydrogen-bond acceptors (Lipinski definition) is 6. The summed E-state index contributed by atoms with van der Waals surface area (Å²) >= 11 is 0. The van der Waals surface area contributed by atoms with Crippen LogP contribution in [0, 0.1) is 0 Å². The number of rotatable bonds is 6. The molecule has 0 unspecified atom stereocenters. The summed E-state index contributed by atoms with van der Waals surface area (Å²) < 4.78 is 4.61. The topological polar surface area (TPSA) is 121 Å². The van der Waals surface area contributed by atoms with E-state index in [-0.39, 0.29) is 24.0 Å². The number of fused-ring (bicyclic) bond motifs is 1. The maximum atomic E-state index is 13.1. The summed E-state index contributed by atoms with van der Waals surface area (Å²) in [6, 6.07) is 6.09. The first kappa shape index (κ1) is 20.6. The molecule has 1 aliphatic rings. The molecule has 1 aliphatic carbocycles. The fourth-order valence-corrected chi connectivity index (χ4v) is 3.74. The van der Waals surface area contributed by atoms with Crippen LogP contribution in [0.25, 0.3) is 22.0 Å². The zero-order chi connectivity index (χ0) is 22.0. The molecule has 2 amide bonds. The van der Waals surface area contributed by atoms with E-state index in [2.05, 4.69) is 35.9 Å². The number of hydrogen-bond donors (Lipinski definition) is 4. The predicted molar refractivity (Wildman–Crippen MR) is 118 cm³/mol. The van der Waals surface area contributed by atoms with E-state index in [0.29, 0.717) is 18.4 Å². The van der Waals surface area contributed by atoms with Gasteiger partial charge in [0.15, 0.2) is 0 Å². The van der Waals surface area contributed by atoms with Gasteiger partial charge in [-0.15, -0.1) is 0 Å². The Labute approximate surface area is 180 Å². The summed E-state index contributed by atoms with van der Waals surface area (Å²) in [5.41, 5.74) is 4.01. The van der Waals surface area contributed by atoms with E-state index in [1.54, 1.807) is 12.4 Å². The first-order valence-corrected chi connectivity index (χ1v) is 10.3. The molecule has 0 spiro atoms. The van der Waals surface area contributed by atoms with E-state index < -0.39 is 6.09 Å². The van der Waals surface area contributed by atoms with Crippen molar-refractivity contribution in [2.45, 2.75) is 44.8 Å². The molecule has 1 saturated carbocycles. The maximum absolute atomic E-state index is 13.1. The number of methoxy groups -OCH3 is 1. The molecule has 0 bridgehead atoms. The van der Waals surface area contributed by atoms with E-state index in [4.69, 9.17) is 0 Å². The summed E-state index contributed by atoms with van der Waals surface area (Å²) in [6.07, 6.45) is 6.08. The molecule has 2 aromatic heterocycles. The molecular weight excluding hydrogens is 396 g/mol. The molecule has 1 fully saturated rings. The standard InChI is InChI=1S/C22H26N6O3/c1-12(2)26-20-17-6-13(14-9-24-25-10-14)4-5-19(17)23-11-18(20)21(29)27-15-7-16(8-15)28-22(30)31-3/h4-6,9-12,15-16H,7-8H2,1-3H3,(H,23,26)(H,24,25)(H,27,29)(H,28,30)/t15-,16-. The lowest BCUT2D eigenvalue weighted by molar-refractivity contribution is 0.0901. The number of ether oxygens (including phenoxy) is 1. The number of anilines is 1. The normalized spacial score (nSPS) is 17.8. The Morgan fingerprint density at radius 3 is 2.58 bits per heavy atom. The van der Waals surface area contributed by atoms with Crippen molar-refractivity contribution in [2.75, 3.05) is 12.4 Å². The highest BCUT2D eigenvalue weighted by atomic mass is 16.5. The van der Waals surface area contributed by atoms with E-state index in [1.807, 2.05) is 38.2 Å². The van der Waals surface area contributed by atoms with Crippen LogP contribution in [-0.2, 0) is 4.74 Å². The predicted octanol–water partition coefficient (Wildman–Crippen LogP) is 3.06. The van der Waals surface area contributed by atoms with Crippen molar-refractivity contribution in [3.05, 3.63) is 42.4 Å². The van der Waals surface area contributed by atoms with Gasteiger partial charge < -0.3 is 20.7 Å². The molecule has 4 rings (SSSR count). The van der Waals surface area contributed by atoms with Gasteiger partial charge in [0.05, 0.1) is 30.1 Å². The molecule has 31 heavy (non-hydrogen) atoms. The Bertz CT molecular complexity index is 1090. The third-order valence-electron chi connectivity index (χ3n) is 5.36. The number of H-pyrrole nitrogens is 1. The minimum absolute atomic E-state index is 0.00508. The number of nitrogens with one attached hydrogen (secondary N) is 4. The minimum atomic E-state index is -0.453. The van der Waals surface area contributed by atoms with Crippen molar-refractivity contribution in [3.8, 4) is 11.1 Å². The van der Waals surface area contributed by atoms with E-state index in [1.165, 1.54) is 7.11 Å². The van der Waals surface area contributed by atoms with Gasteiger partial charge in [-0.05, 0) is 44.4 Å². The zero-order valence-corrected chi connectivity index (χ0v) is 17.7. The van der Waals surface area contributed by atoms with E-state index >= 15 is 0 Å². The number of alkyl carbamates (subject to hydrolysis) is 1. The van der Waals surface area contributed by atoms with Crippen LogP contribution in [0.5, 0.6) is 0 Å². The van der Waals surface area contributed by atoms with Crippen LogP contribution >= 0.6 is 0 Å². The van der Waals surface area contributed by atoms with Gasteiger partial charge in [0.2, 0.25) is 0 Å². The number of amides is 2. The van der Waals surface area contributed by atoms with Crippen LogP contribution in [-0.4, -0.2) is 52.4 Å². The Balaban J connectivity index is 1.59. The van der Waals surface area contributed by atoms with Crippen LogP contribution in [0.4, 0.5) is 10.5 Å². The number of pyridine rings is 1. The van der Waals surface area contributed by atoms with Gasteiger partial charge in [-0.3, -0.25) is 14.9 Å². The van der Waals surface area contributed by atoms with E-state index in [0.717, 1.165) is 27.7 Å². The van der Waals surface area contributed by atoms with Crippen molar-refractivity contribution in [1.29, 1.82) is 0 Å². The fourth-order valence-electron chi connectivity index (χ4n) is 3.74. The van der Waals surface area contributed by atoms with Crippen molar-refractivity contribution in [2.24, 2.45) is 0 Å². The lowest BCUT2D eigenvalue weighted by Gasteiger charge is -2.35. The molecule has 0 saturated heterocycles. The van der Waals surface area contributed by atoms with Crippen molar-refractivity contribution >= 4 is 28.6 Å². The summed E-state index contributed by atoms with van der Waals surface area (Å²) in [5, 5.41) is 16.9. The summed E-state index contributed by atoms with van der Waals surface area (Å²) in [7, 11) is 1.33. The molecule has 3 aromatic rings. The van der Waals surface area contributed by atoms with E-state index in [9.17, 15) is 9.59 Å². The highest BCUT2D eigenvalue weighted by Crippen LogP contribution is 2.31. The second-order valence-corrected chi connectivity index (χ2v) is 8.04. The molecule has 0 radical (unpaired) electrons. The van der Waals surface area contributed by atoms with Gasteiger partial charge in [-0.25, -0.2) is 4.79 Å². The van der Waals surface area contributed by atoms with Crippen molar-refractivity contribution in [1.82, 2.24) is 25.8 Å². The van der Waals surface area contributed by atoms with Gasteiger partial charge in [-0.2, -0.15) is 5.10 Å². The largest absolute Gasteiger partial charge is 0.453 e.